The molecule has 1 atom stereocenters. The fraction of sp³-hybridized carbons (Fsp3) is 0.471. The van der Waals surface area contributed by atoms with Crippen molar-refractivity contribution in [1.82, 2.24) is 15.1 Å². The molecule has 0 fully saturated rings. The Morgan fingerprint density at radius 3 is 2.71 bits per heavy atom. The molecule has 0 saturated carbocycles. The van der Waals surface area contributed by atoms with Gasteiger partial charge in [-0.3, -0.25) is 4.68 Å². The molecule has 0 bridgehead atoms. The molecule has 0 radical (unpaired) electrons. The second-order valence-corrected chi connectivity index (χ2v) is 6.18. The lowest BCUT2D eigenvalue weighted by Crippen LogP contribution is -2.26. The Bertz CT molecular complexity index is 577. The second kappa shape index (κ2) is 7.76. The van der Waals surface area contributed by atoms with Gasteiger partial charge in [-0.1, -0.05) is 41.1 Å². The van der Waals surface area contributed by atoms with Crippen LogP contribution in [-0.2, 0) is 13.0 Å². The molecule has 1 aromatic heterocycles. The van der Waals surface area contributed by atoms with E-state index < -0.39 is 0 Å². The van der Waals surface area contributed by atoms with Crippen LogP contribution in [0.5, 0.6) is 0 Å². The predicted molar refractivity (Wildman–Crippen MR) is 91.5 cm³/mol. The molecule has 21 heavy (non-hydrogen) atoms. The molecule has 1 N–H and O–H groups in total. The van der Waals surface area contributed by atoms with Gasteiger partial charge >= 0.3 is 0 Å². The first-order chi connectivity index (χ1) is 10.2. The molecule has 0 aliphatic rings. The van der Waals surface area contributed by atoms with Crippen LogP contribution in [0.1, 0.15) is 43.3 Å². The topological polar surface area (TPSA) is 29.9 Å². The summed E-state index contributed by atoms with van der Waals surface area (Å²) >= 11 is 3.66. The van der Waals surface area contributed by atoms with E-state index in [1.807, 2.05) is 0 Å². The van der Waals surface area contributed by atoms with E-state index in [4.69, 9.17) is 0 Å². The van der Waals surface area contributed by atoms with Crippen LogP contribution < -0.4 is 5.32 Å². The number of aromatic nitrogens is 2. The van der Waals surface area contributed by atoms with Crippen molar-refractivity contribution in [2.45, 2.75) is 46.2 Å². The van der Waals surface area contributed by atoms with Crippen LogP contribution >= 0.6 is 15.9 Å². The van der Waals surface area contributed by atoms with Crippen molar-refractivity contribution in [3.63, 3.8) is 0 Å². The van der Waals surface area contributed by atoms with E-state index in [0.717, 1.165) is 31.6 Å². The third kappa shape index (κ3) is 4.17. The summed E-state index contributed by atoms with van der Waals surface area (Å²) < 4.78 is 3.28. The lowest BCUT2D eigenvalue weighted by molar-refractivity contribution is 0.478. The maximum atomic E-state index is 4.59. The van der Waals surface area contributed by atoms with Crippen molar-refractivity contribution < 1.29 is 0 Å². The molecular formula is C17H24BrN3. The third-order valence-electron chi connectivity index (χ3n) is 3.61. The van der Waals surface area contributed by atoms with Gasteiger partial charge in [0.15, 0.2) is 0 Å². The van der Waals surface area contributed by atoms with Crippen LogP contribution in [0.4, 0.5) is 0 Å². The fourth-order valence-corrected chi connectivity index (χ4v) is 3.03. The van der Waals surface area contributed by atoms with E-state index in [9.17, 15) is 0 Å². The summed E-state index contributed by atoms with van der Waals surface area (Å²) in [5.74, 6) is 0. The molecule has 1 aromatic carbocycles. The zero-order valence-electron chi connectivity index (χ0n) is 13.1. The highest BCUT2D eigenvalue weighted by atomic mass is 79.9. The molecule has 114 valence electrons. The third-order valence-corrected chi connectivity index (χ3v) is 4.39. The van der Waals surface area contributed by atoms with Gasteiger partial charge < -0.3 is 5.32 Å². The summed E-state index contributed by atoms with van der Waals surface area (Å²) in [6.45, 7) is 8.33. The molecule has 0 spiro atoms. The molecule has 0 aliphatic carbocycles. The zero-order valence-corrected chi connectivity index (χ0v) is 14.7. The molecule has 1 heterocycles. The number of hydrogen-bond acceptors (Lipinski definition) is 2. The van der Waals surface area contributed by atoms with Gasteiger partial charge in [-0.25, -0.2) is 0 Å². The molecule has 0 saturated heterocycles. The van der Waals surface area contributed by atoms with Crippen LogP contribution in [0.2, 0.25) is 0 Å². The van der Waals surface area contributed by atoms with E-state index >= 15 is 0 Å². The maximum absolute atomic E-state index is 4.59. The van der Waals surface area contributed by atoms with Crippen molar-refractivity contribution in [2.24, 2.45) is 0 Å². The Balaban J connectivity index is 2.27. The minimum absolute atomic E-state index is 0.296. The van der Waals surface area contributed by atoms with Gasteiger partial charge in [0.25, 0.3) is 0 Å². The summed E-state index contributed by atoms with van der Waals surface area (Å²) in [7, 11) is 0. The Labute approximate surface area is 135 Å². The average molecular weight is 350 g/mol. The van der Waals surface area contributed by atoms with Gasteiger partial charge in [0, 0.05) is 11.0 Å². The number of rotatable bonds is 7. The average Bonchev–Trinajstić information content (AvgIpc) is 2.86. The molecule has 0 amide bonds. The summed E-state index contributed by atoms with van der Waals surface area (Å²) in [6, 6.07) is 10.9. The van der Waals surface area contributed by atoms with E-state index in [-0.39, 0.29) is 0 Å². The van der Waals surface area contributed by atoms with Gasteiger partial charge in [-0.15, -0.1) is 0 Å². The number of hydrogen-bond donors (Lipinski definition) is 1. The highest BCUT2D eigenvalue weighted by molar-refractivity contribution is 9.10. The second-order valence-electron chi connectivity index (χ2n) is 5.33. The first-order valence-corrected chi connectivity index (χ1v) is 8.46. The number of benzene rings is 1. The molecule has 4 heteroatoms. The standard InChI is InChI=1S/C17H24BrN3/c1-4-10-19-16(12-14-8-6-7-9-15(14)18)17-11-13(3)20-21(17)5-2/h6-9,11,16,19H,4-5,10,12H2,1-3H3. The van der Waals surface area contributed by atoms with Crippen LogP contribution in [-0.4, -0.2) is 16.3 Å². The molecular weight excluding hydrogens is 326 g/mol. The van der Waals surface area contributed by atoms with Crippen LogP contribution in [0.3, 0.4) is 0 Å². The van der Waals surface area contributed by atoms with E-state index in [0.29, 0.717) is 6.04 Å². The summed E-state index contributed by atoms with van der Waals surface area (Å²) in [6.07, 6.45) is 2.10. The van der Waals surface area contributed by atoms with Crippen molar-refractivity contribution >= 4 is 15.9 Å². The van der Waals surface area contributed by atoms with Crippen LogP contribution in [0.15, 0.2) is 34.8 Å². The zero-order chi connectivity index (χ0) is 15.2. The van der Waals surface area contributed by atoms with Crippen molar-refractivity contribution in [3.8, 4) is 0 Å². The van der Waals surface area contributed by atoms with E-state index in [1.54, 1.807) is 0 Å². The summed E-state index contributed by atoms with van der Waals surface area (Å²) in [5, 5.41) is 8.25. The fourth-order valence-electron chi connectivity index (χ4n) is 2.58. The van der Waals surface area contributed by atoms with E-state index in [1.165, 1.54) is 15.7 Å². The Kier molecular flexibility index (Phi) is 6.00. The van der Waals surface area contributed by atoms with E-state index in [2.05, 4.69) is 82.1 Å². The lowest BCUT2D eigenvalue weighted by Gasteiger charge is -2.20. The predicted octanol–water partition coefficient (Wildman–Crippen LogP) is 4.26. The lowest BCUT2D eigenvalue weighted by atomic mass is 10.0. The minimum atomic E-state index is 0.296. The molecule has 1 unspecified atom stereocenters. The number of nitrogens with one attached hydrogen (secondary N) is 1. The van der Waals surface area contributed by atoms with Crippen molar-refractivity contribution in [3.05, 3.63) is 51.8 Å². The Morgan fingerprint density at radius 1 is 1.29 bits per heavy atom. The van der Waals surface area contributed by atoms with Crippen molar-refractivity contribution in [2.75, 3.05) is 6.54 Å². The Hall–Kier alpha value is -1.13. The van der Waals surface area contributed by atoms with Crippen molar-refractivity contribution in [1.29, 1.82) is 0 Å². The molecule has 2 aromatic rings. The van der Waals surface area contributed by atoms with Crippen LogP contribution in [0.25, 0.3) is 0 Å². The maximum Gasteiger partial charge on any atom is 0.0597 e. The number of halogens is 1. The normalized spacial score (nSPS) is 12.6. The van der Waals surface area contributed by atoms with Gasteiger partial charge in [-0.2, -0.15) is 5.10 Å². The highest BCUT2D eigenvalue weighted by Gasteiger charge is 2.18. The quantitative estimate of drug-likeness (QED) is 0.809. The van der Waals surface area contributed by atoms with Crippen LogP contribution in [0, 0.1) is 6.92 Å². The first-order valence-electron chi connectivity index (χ1n) is 7.66. The minimum Gasteiger partial charge on any atom is -0.308 e. The molecule has 0 aliphatic heterocycles. The summed E-state index contributed by atoms with van der Waals surface area (Å²) in [4.78, 5) is 0. The number of nitrogens with zero attached hydrogens (tertiary/aromatic N) is 2. The SMILES string of the molecule is CCCNC(Cc1ccccc1Br)c1cc(C)nn1CC. The smallest absolute Gasteiger partial charge is 0.0597 e. The van der Waals surface area contributed by atoms with Gasteiger partial charge in [0.1, 0.15) is 0 Å². The van der Waals surface area contributed by atoms with Gasteiger partial charge in [0.2, 0.25) is 0 Å². The summed E-state index contributed by atoms with van der Waals surface area (Å²) in [5.41, 5.74) is 3.69. The molecule has 2 rings (SSSR count). The monoisotopic (exact) mass is 349 g/mol. The number of aryl methyl sites for hydroxylation is 2. The first kappa shape index (κ1) is 16.2. The van der Waals surface area contributed by atoms with Gasteiger partial charge in [-0.05, 0) is 50.9 Å². The highest BCUT2D eigenvalue weighted by Crippen LogP contribution is 2.24. The van der Waals surface area contributed by atoms with Gasteiger partial charge in [0.05, 0.1) is 17.4 Å². The largest absolute Gasteiger partial charge is 0.308 e. The Morgan fingerprint density at radius 2 is 2.05 bits per heavy atom. The molecule has 3 nitrogen and oxygen atoms in total.